The van der Waals surface area contributed by atoms with Gasteiger partial charge in [-0.2, -0.15) is 0 Å². The summed E-state index contributed by atoms with van der Waals surface area (Å²) < 4.78 is 4.92. The molecular weight excluding hydrogens is 316 g/mol. The maximum atomic E-state index is 4.95. The minimum absolute atomic E-state index is 0.695. The van der Waals surface area contributed by atoms with Gasteiger partial charge in [0.25, 0.3) is 0 Å². The molecule has 0 amide bonds. The first-order chi connectivity index (χ1) is 12.2. The Morgan fingerprint density at radius 1 is 1.32 bits per heavy atom. The van der Waals surface area contributed by atoms with E-state index in [4.69, 9.17) is 9.52 Å². The van der Waals surface area contributed by atoms with Gasteiger partial charge in [-0.05, 0) is 39.3 Å². The van der Waals surface area contributed by atoms with E-state index in [2.05, 4.69) is 39.1 Å². The Kier molecular flexibility index (Phi) is 6.69. The maximum absolute atomic E-state index is 4.95. The van der Waals surface area contributed by atoms with Crippen LogP contribution in [0.3, 0.4) is 0 Å². The zero-order chi connectivity index (χ0) is 17.5. The molecule has 25 heavy (non-hydrogen) atoms. The van der Waals surface area contributed by atoms with Gasteiger partial charge >= 0.3 is 0 Å². The number of piperazine rings is 1. The zero-order valence-electron chi connectivity index (χ0n) is 15.7. The summed E-state index contributed by atoms with van der Waals surface area (Å²) in [5.74, 6) is 1.78. The number of hydrogen-bond acceptors (Lipinski definition) is 5. The Bertz CT molecular complexity index is 524. The van der Waals surface area contributed by atoms with Gasteiger partial charge in [0.15, 0.2) is 5.96 Å². The lowest BCUT2D eigenvalue weighted by atomic mass is 9.99. The summed E-state index contributed by atoms with van der Waals surface area (Å²) in [7, 11) is 2.22. The Labute approximate surface area is 151 Å². The smallest absolute Gasteiger partial charge is 0.194 e. The first kappa shape index (κ1) is 18.2. The monoisotopic (exact) mass is 348 g/mol. The first-order valence-electron chi connectivity index (χ1n) is 9.58. The second-order valence-corrected chi connectivity index (χ2v) is 7.22. The lowest BCUT2D eigenvalue weighted by molar-refractivity contribution is 0.168. The molecule has 2 saturated heterocycles. The topological polar surface area (TPSA) is 60.1 Å². The molecule has 0 saturated carbocycles. The van der Waals surface area contributed by atoms with Crippen molar-refractivity contribution in [2.75, 3.05) is 59.4 Å². The standard InChI is InChI=1S/C18H32N6O/c1-3-19-18(20-13-16-5-4-7-22(2)14-16)24-10-8-23(9-11-24)15-17-6-12-25-21-17/h6,12,16H,3-5,7-11,13-15H2,1-2H3,(H,19,20). The minimum atomic E-state index is 0.695. The summed E-state index contributed by atoms with van der Waals surface area (Å²) in [6, 6.07) is 1.94. The highest BCUT2D eigenvalue weighted by molar-refractivity contribution is 5.80. The number of guanidine groups is 1. The van der Waals surface area contributed by atoms with Crippen LogP contribution in [0.2, 0.25) is 0 Å². The molecule has 0 aliphatic carbocycles. The number of nitrogens with zero attached hydrogens (tertiary/aromatic N) is 5. The van der Waals surface area contributed by atoms with Crippen molar-refractivity contribution >= 4 is 5.96 Å². The quantitative estimate of drug-likeness (QED) is 0.635. The van der Waals surface area contributed by atoms with Crippen LogP contribution in [-0.2, 0) is 6.54 Å². The van der Waals surface area contributed by atoms with Crippen molar-refractivity contribution in [3.63, 3.8) is 0 Å². The molecule has 1 N–H and O–H groups in total. The largest absolute Gasteiger partial charge is 0.364 e. The van der Waals surface area contributed by atoms with E-state index in [1.165, 1.54) is 25.9 Å². The average Bonchev–Trinajstić information content (AvgIpc) is 3.12. The van der Waals surface area contributed by atoms with Gasteiger partial charge in [0.2, 0.25) is 0 Å². The van der Waals surface area contributed by atoms with Crippen molar-refractivity contribution in [3.05, 3.63) is 18.0 Å². The lowest BCUT2D eigenvalue weighted by Gasteiger charge is -2.36. The Morgan fingerprint density at radius 2 is 2.16 bits per heavy atom. The van der Waals surface area contributed by atoms with Crippen LogP contribution in [-0.4, -0.2) is 85.2 Å². The Morgan fingerprint density at radius 3 is 2.84 bits per heavy atom. The molecule has 0 radical (unpaired) electrons. The van der Waals surface area contributed by atoms with Gasteiger partial charge < -0.3 is 19.6 Å². The molecular formula is C18H32N6O. The third-order valence-corrected chi connectivity index (χ3v) is 5.10. The van der Waals surface area contributed by atoms with Crippen molar-refractivity contribution in [3.8, 4) is 0 Å². The van der Waals surface area contributed by atoms with Crippen molar-refractivity contribution < 1.29 is 4.52 Å². The fourth-order valence-electron chi connectivity index (χ4n) is 3.73. The molecule has 7 heteroatoms. The van der Waals surface area contributed by atoms with Crippen molar-refractivity contribution in [1.29, 1.82) is 0 Å². The number of aliphatic imine (C=N–C) groups is 1. The molecule has 0 spiro atoms. The molecule has 1 unspecified atom stereocenters. The normalized spacial score (nSPS) is 23.8. The minimum Gasteiger partial charge on any atom is -0.364 e. The lowest BCUT2D eigenvalue weighted by Crippen LogP contribution is -2.52. The number of rotatable bonds is 5. The fraction of sp³-hybridized carbons (Fsp3) is 0.778. The van der Waals surface area contributed by atoms with Crippen LogP contribution in [0.15, 0.2) is 21.8 Å². The second kappa shape index (κ2) is 9.20. The third-order valence-electron chi connectivity index (χ3n) is 5.10. The van der Waals surface area contributed by atoms with Crippen LogP contribution >= 0.6 is 0 Å². The molecule has 1 aromatic heterocycles. The first-order valence-corrected chi connectivity index (χ1v) is 9.58. The van der Waals surface area contributed by atoms with Gasteiger partial charge in [-0.1, -0.05) is 5.16 Å². The Balaban J connectivity index is 1.49. The van der Waals surface area contributed by atoms with E-state index in [9.17, 15) is 0 Å². The van der Waals surface area contributed by atoms with Gasteiger partial charge in [-0.25, -0.2) is 0 Å². The predicted octanol–water partition coefficient (Wildman–Crippen LogP) is 1.10. The van der Waals surface area contributed by atoms with Crippen LogP contribution in [0, 0.1) is 5.92 Å². The molecule has 2 fully saturated rings. The number of piperidine rings is 1. The average molecular weight is 348 g/mol. The van der Waals surface area contributed by atoms with Crippen LogP contribution in [0.4, 0.5) is 0 Å². The third kappa shape index (κ3) is 5.44. The molecule has 2 aliphatic heterocycles. The van der Waals surface area contributed by atoms with E-state index in [0.29, 0.717) is 5.92 Å². The Hall–Kier alpha value is -1.60. The van der Waals surface area contributed by atoms with Gasteiger partial charge in [-0.15, -0.1) is 0 Å². The van der Waals surface area contributed by atoms with Crippen LogP contribution in [0.5, 0.6) is 0 Å². The number of hydrogen-bond donors (Lipinski definition) is 1. The van der Waals surface area contributed by atoms with Gasteiger partial charge in [0, 0.05) is 58.4 Å². The summed E-state index contributed by atoms with van der Waals surface area (Å²) in [4.78, 5) is 12.2. The maximum Gasteiger partial charge on any atom is 0.194 e. The molecule has 3 heterocycles. The van der Waals surface area contributed by atoms with Gasteiger partial charge in [-0.3, -0.25) is 9.89 Å². The van der Waals surface area contributed by atoms with E-state index in [1.54, 1.807) is 6.26 Å². The SMILES string of the molecule is CCNC(=NCC1CCCN(C)C1)N1CCN(Cc2ccon2)CC1. The summed E-state index contributed by atoms with van der Waals surface area (Å²) in [6.45, 7) is 11.4. The fourth-order valence-corrected chi connectivity index (χ4v) is 3.73. The van der Waals surface area contributed by atoms with Gasteiger partial charge in [0.05, 0.1) is 5.69 Å². The van der Waals surface area contributed by atoms with E-state index in [-0.39, 0.29) is 0 Å². The summed E-state index contributed by atoms with van der Waals surface area (Å²) in [6.07, 6.45) is 4.25. The highest BCUT2D eigenvalue weighted by atomic mass is 16.5. The molecule has 3 rings (SSSR count). The van der Waals surface area contributed by atoms with Crippen molar-refractivity contribution in [2.45, 2.75) is 26.3 Å². The molecule has 1 aromatic rings. The molecule has 0 bridgehead atoms. The van der Waals surface area contributed by atoms with E-state index in [1.807, 2.05) is 6.07 Å². The van der Waals surface area contributed by atoms with Gasteiger partial charge in [0.1, 0.15) is 6.26 Å². The number of likely N-dealkylation sites (tertiary alicyclic amines) is 1. The van der Waals surface area contributed by atoms with E-state index in [0.717, 1.165) is 57.5 Å². The van der Waals surface area contributed by atoms with Crippen molar-refractivity contribution in [2.24, 2.45) is 10.9 Å². The molecule has 2 aliphatic rings. The predicted molar refractivity (Wildman–Crippen MR) is 99.6 cm³/mol. The van der Waals surface area contributed by atoms with E-state index >= 15 is 0 Å². The van der Waals surface area contributed by atoms with E-state index < -0.39 is 0 Å². The molecule has 140 valence electrons. The highest BCUT2D eigenvalue weighted by Gasteiger charge is 2.21. The highest BCUT2D eigenvalue weighted by Crippen LogP contribution is 2.15. The molecule has 7 nitrogen and oxygen atoms in total. The van der Waals surface area contributed by atoms with Crippen LogP contribution in [0.1, 0.15) is 25.5 Å². The summed E-state index contributed by atoms with van der Waals surface area (Å²) >= 11 is 0. The zero-order valence-corrected chi connectivity index (χ0v) is 15.7. The van der Waals surface area contributed by atoms with Crippen LogP contribution in [0.25, 0.3) is 0 Å². The van der Waals surface area contributed by atoms with Crippen LogP contribution < -0.4 is 5.32 Å². The number of aromatic nitrogens is 1. The summed E-state index contributed by atoms with van der Waals surface area (Å²) in [5, 5.41) is 7.49. The molecule has 0 aromatic carbocycles. The van der Waals surface area contributed by atoms with Crippen molar-refractivity contribution in [1.82, 2.24) is 25.2 Å². The second-order valence-electron chi connectivity index (χ2n) is 7.22. The summed E-state index contributed by atoms with van der Waals surface area (Å²) in [5.41, 5.74) is 1.01. The number of nitrogens with one attached hydrogen (secondary N) is 1. The molecule has 1 atom stereocenters.